The van der Waals surface area contributed by atoms with Crippen LogP contribution in [0.2, 0.25) is 0 Å². The third-order valence-electron chi connectivity index (χ3n) is 1.80. The molecule has 0 unspecified atom stereocenters. The number of aromatic nitrogens is 2. The predicted octanol–water partition coefficient (Wildman–Crippen LogP) is 2.69. The first kappa shape index (κ1) is 13.7. The Kier molecular flexibility index (Phi) is 5.67. The van der Waals surface area contributed by atoms with Gasteiger partial charge in [-0.1, -0.05) is 18.2 Å². The zero-order chi connectivity index (χ0) is 9.10. The zero-order valence-electron chi connectivity index (χ0n) is 7.70. The van der Waals surface area contributed by atoms with Gasteiger partial charge in [0.15, 0.2) is 0 Å². The molecule has 1 aromatic heterocycles. The summed E-state index contributed by atoms with van der Waals surface area (Å²) in [7, 11) is 0. The van der Waals surface area contributed by atoms with Crippen molar-refractivity contribution < 1.29 is 5.11 Å². The quantitative estimate of drug-likeness (QED) is 0.840. The van der Waals surface area contributed by atoms with E-state index < -0.39 is 0 Å². The molecule has 80 valence electrons. The van der Waals surface area contributed by atoms with E-state index in [0.717, 1.165) is 11.1 Å². The number of aromatic hydroxyl groups is 1. The summed E-state index contributed by atoms with van der Waals surface area (Å²) < 4.78 is 0. The molecule has 0 saturated heterocycles. The standard InChI is InChI=1S/C10H8N2O.2ClH/c13-10-4-2-1-3-9(10)8-5-6-11-12-7-8;;/h1-7,13H;2*1H. The summed E-state index contributed by atoms with van der Waals surface area (Å²) in [5, 5.41) is 16.9. The average Bonchev–Trinajstić information content (AvgIpc) is 2.20. The molecule has 1 aromatic carbocycles. The van der Waals surface area contributed by atoms with Gasteiger partial charge in [0.25, 0.3) is 0 Å². The van der Waals surface area contributed by atoms with E-state index in [0.29, 0.717) is 0 Å². The van der Waals surface area contributed by atoms with Gasteiger partial charge in [-0.2, -0.15) is 10.2 Å². The Morgan fingerprint density at radius 1 is 0.933 bits per heavy atom. The normalized spacial score (nSPS) is 8.53. The van der Waals surface area contributed by atoms with E-state index in [-0.39, 0.29) is 30.6 Å². The van der Waals surface area contributed by atoms with E-state index in [9.17, 15) is 5.11 Å². The van der Waals surface area contributed by atoms with Crippen LogP contribution in [0.5, 0.6) is 5.75 Å². The zero-order valence-corrected chi connectivity index (χ0v) is 9.33. The smallest absolute Gasteiger partial charge is 0.123 e. The molecule has 1 N–H and O–H groups in total. The van der Waals surface area contributed by atoms with E-state index in [2.05, 4.69) is 10.2 Å². The van der Waals surface area contributed by atoms with Crippen molar-refractivity contribution in [2.45, 2.75) is 0 Å². The van der Waals surface area contributed by atoms with E-state index in [1.807, 2.05) is 18.2 Å². The fourth-order valence-corrected chi connectivity index (χ4v) is 1.17. The van der Waals surface area contributed by atoms with Crippen LogP contribution in [0, 0.1) is 0 Å². The van der Waals surface area contributed by atoms with Gasteiger partial charge < -0.3 is 5.11 Å². The van der Waals surface area contributed by atoms with E-state index >= 15 is 0 Å². The molecule has 0 bridgehead atoms. The number of para-hydroxylation sites is 1. The van der Waals surface area contributed by atoms with Crippen LogP contribution < -0.4 is 0 Å². The molecule has 0 aliphatic heterocycles. The van der Waals surface area contributed by atoms with Crippen molar-refractivity contribution in [3.05, 3.63) is 42.7 Å². The van der Waals surface area contributed by atoms with Gasteiger partial charge in [0, 0.05) is 11.1 Å². The second-order valence-corrected chi connectivity index (χ2v) is 2.65. The lowest BCUT2D eigenvalue weighted by Gasteiger charge is -2.01. The summed E-state index contributed by atoms with van der Waals surface area (Å²) in [6, 6.07) is 8.95. The minimum Gasteiger partial charge on any atom is -0.507 e. The lowest BCUT2D eigenvalue weighted by Crippen LogP contribution is -1.82. The van der Waals surface area contributed by atoms with Gasteiger partial charge in [0.1, 0.15) is 5.75 Å². The fraction of sp³-hybridized carbons (Fsp3) is 0. The van der Waals surface area contributed by atoms with Crippen LogP contribution >= 0.6 is 24.8 Å². The number of hydrogen-bond acceptors (Lipinski definition) is 3. The molecule has 5 heteroatoms. The molecular weight excluding hydrogens is 235 g/mol. The first-order valence-electron chi connectivity index (χ1n) is 3.93. The Morgan fingerprint density at radius 2 is 1.67 bits per heavy atom. The second kappa shape index (κ2) is 6.22. The highest BCUT2D eigenvalue weighted by Crippen LogP contribution is 2.26. The Morgan fingerprint density at radius 3 is 2.27 bits per heavy atom. The largest absolute Gasteiger partial charge is 0.507 e. The highest BCUT2D eigenvalue weighted by atomic mass is 35.5. The van der Waals surface area contributed by atoms with E-state index in [1.165, 1.54) is 0 Å². The van der Waals surface area contributed by atoms with Crippen molar-refractivity contribution in [3.63, 3.8) is 0 Å². The maximum Gasteiger partial charge on any atom is 0.123 e. The summed E-state index contributed by atoms with van der Waals surface area (Å²) in [6.45, 7) is 0. The topological polar surface area (TPSA) is 46.0 Å². The first-order valence-corrected chi connectivity index (χ1v) is 3.93. The molecule has 0 saturated carbocycles. The number of phenols is 1. The van der Waals surface area contributed by atoms with Crippen LogP contribution in [0.25, 0.3) is 11.1 Å². The van der Waals surface area contributed by atoms with Crippen molar-refractivity contribution in [3.8, 4) is 16.9 Å². The van der Waals surface area contributed by atoms with Gasteiger partial charge in [-0.25, -0.2) is 0 Å². The number of benzene rings is 1. The van der Waals surface area contributed by atoms with Crippen LogP contribution in [0.3, 0.4) is 0 Å². The molecule has 0 aliphatic rings. The maximum atomic E-state index is 9.52. The van der Waals surface area contributed by atoms with Gasteiger partial charge in [0.2, 0.25) is 0 Å². The summed E-state index contributed by atoms with van der Waals surface area (Å²) in [4.78, 5) is 0. The molecular formula is C10H10Cl2N2O. The average molecular weight is 245 g/mol. The lowest BCUT2D eigenvalue weighted by molar-refractivity contribution is 0.477. The van der Waals surface area contributed by atoms with Crippen LogP contribution in [0.1, 0.15) is 0 Å². The molecule has 15 heavy (non-hydrogen) atoms. The molecule has 3 nitrogen and oxygen atoms in total. The summed E-state index contributed by atoms with van der Waals surface area (Å²) in [5.74, 6) is 0.260. The number of phenolic OH excluding ortho intramolecular Hbond substituents is 1. The molecule has 0 fully saturated rings. The summed E-state index contributed by atoms with van der Waals surface area (Å²) >= 11 is 0. The minimum atomic E-state index is 0. The van der Waals surface area contributed by atoms with Gasteiger partial charge in [-0.15, -0.1) is 24.8 Å². The molecule has 0 radical (unpaired) electrons. The maximum absolute atomic E-state index is 9.52. The van der Waals surface area contributed by atoms with Crippen LogP contribution in [0.15, 0.2) is 42.7 Å². The van der Waals surface area contributed by atoms with Gasteiger partial charge >= 0.3 is 0 Å². The molecule has 0 spiro atoms. The minimum absolute atomic E-state index is 0. The van der Waals surface area contributed by atoms with Crippen molar-refractivity contribution in [1.29, 1.82) is 0 Å². The molecule has 1 heterocycles. The molecule has 0 aliphatic carbocycles. The fourth-order valence-electron chi connectivity index (χ4n) is 1.17. The van der Waals surface area contributed by atoms with Gasteiger partial charge in [0.05, 0.1) is 12.4 Å². The third-order valence-corrected chi connectivity index (χ3v) is 1.80. The Bertz CT molecular complexity index is 409. The first-order chi connectivity index (χ1) is 6.38. The van der Waals surface area contributed by atoms with E-state index in [4.69, 9.17) is 0 Å². The van der Waals surface area contributed by atoms with Crippen LogP contribution in [0.4, 0.5) is 0 Å². The highest BCUT2D eigenvalue weighted by Gasteiger charge is 2.01. The molecule has 2 rings (SSSR count). The Balaban J connectivity index is 0.000000980. The van der Waals surface area contributed by atoms with Gasteiger partial charge in [-0.3, -0.25) is 0 Å². The Hall–Kier alpha value is -1.32. The number of halogens is 2. The lowest BCUT2D eigenvalue weighted by atomic mass is 10.1. The highest BCUT2D eigenvalue weighted by molar-refractivity contribution is 5.85. The Labute approximate surface area is 100.0 Å². The number of nitrogens with zero attached hydrogens (tertiary/aromatic N) is 2. The summed E-state index contributed by atoms with van der Waals surface area (Å²) in [6.07, 6.45) is 3.22. The third kappa shape index (κ3) is 3.08. The van der Waals surface area contributed by atoms with Crippen molar-refractivity contribution in [2.24, 2.45) is 0 Å². The van der Waals surface area contributed by atoms with Gasteiger partial charge in [-0.05, 0) is 12.1 Å². The molecule has 0 atom stereocenters. The van der Waals surface area contributed by atoms with Crippen LogP contribution in [-0.4, -0.2) is 15.3 Å². The number of hydrogen-bond donors (Lipinski definition) is 1. The van der Waals surface area contributed by atoms with E-state index in [1.54, 1.807) is 24.5 Å². The van der Waals surface area contributed by atoms with Crippen molar-refractivity contribution in [1.82, 2.24) is 10.2 Å². The second-order valence-electron chi connectivity index (χ2n) is 2.65. The predicted molar refractivity (Wildman–Crippen MR) is 63.6 cm³/mol. The van der Waals surface area contributed by atoms with Crippen LogP contribution in [-0.2, 0) is 0 Å². The van der Waals surface area contributed by atoms with Crippen molar-refractivity contribution >= 4 is 24.8 Å². The van der Waals surface area contributed by atoms with Crippen molar-refractivity contribution in [2.75, 3.05) is 0 Å². The number of rotatable bonds is 1. The summed E-state index contributed by atoms with van der Waals surface area (Å²) in [5.41, 5.74) is 1.64. The monoisotopic (exact) mass is 244 g/mol. The molecule has 2 aromatic rings. The SMILES string of the molecule is Cl.Cl.Oc1ccccc1-c1ccnnc1. The molecule has 0 amide bonds.